The van der Waals surface area contributed by atoms with Gasteiger partial charge in [0.05, 0.1) is 0 Å². The summed E-state index contributed by atoms with van der Waals surface area (Å²) in [7, 11) is 1.68. The molecule has 17 heavy (non-hydrogen) atoms. The lowest BCUT2D eigenvalue weighted by Gasteiger charge is -2.06. The SMILES string of the molecule is Cn1cnc([N+](=O)[O-])c1Nc1cccc(N)c1. The van der Waals surface area contributed by atoms with Gasteiger partial charge in [-0.2, -0.15) is 0 Å². The zero-order valence-corrected chi connectivity index (χ0v) is 9.12. The first-order valence-corrected chi connectivity index (χ1v) is 4.86. The first-order chi connectivity index (χ1) is 8.08. The summed E-state index contributed by atoms with van der Waals surface area (Å²) in [4.78, 5) is 13.9. The number of nitrogens with two attached hydrogens (primary N) is 1. The van der Waals surface area contributed by atoms with E-state index in [1.54, 1.807) is 35.9 Å². The molecule has 88 valence electrons. The smallest absolute Gasteiger partial charge is 0.399 e. The topological polar surface area (TPSA) is 99.0 Å². The molecule has 1 aromatic heterocycles. The fraction of sp³-hybridized carbons (Fsp3) is 0.100. The van der Waals surface area contributed by atoms with Crippen LogP contribution in [0.25, 0.3) is 0 Å². The quantitative estimate of drug-likeness (QED) is 0.477. The van der Waals surface area contributed by atoms with Gasteiger partial charge in [-0.3, -0.25) is 4.57 Å². The molecule has 0 saturated carbocycles. The number of nitrogens with zero attached hydrogens (tertiary/aromatic N) is 3. The summed E-state index contributed by atoms with van der Waals surface area (Å²) in [6.07, 6.45) is 1.38. The molecule has 0 radical (unpaired) electrons. The molecule has 0 spiro atoms. The van der Waals surface area contributed by atoms with Crippen molar-refractivity contribution >= 4 is 23.0 Å². The van der Waals surface area contributed by atoms with E-state index in [9.17, 15) is 10.1 Å². The van der Waals surface area contributed by atoms with E-state index in [1.165, 1.54) is 6.33 Å². The van der Waals surface area contributed by atoms with Crippen LogP contribution in [0.5, 0.6) is 0 Å². The summed E-state index contributed by atoms with van der Waals surface area (Å²) in [6.45, 7) is 0. The standard InChI is InChI=1S/C10H11N5O2/c1-14-6-12-9(15(16)17)10(14)13-8-4-2-3-7(11)5-8/h2-6,13H,11H2,1H3. The third-order valence-corrected chi connectivity index (χ3v) is 2.24. The highest BCUT2D eigenvalue weighted by Crippen LogP contribution is 2.25. The average Bonchev–Trinajstić information content (AvgIpc) is 2.61. The van der Waals surface area contributed by atoms with Crippen LogP contribution in [-0.4, -0.2) is 14.5 Å². The number of benzene rings is 1. The van der Waals surface area contributed by atoms with Gasteiger partial charge in [0, 0.05) is 18.4 Å². The van der Waals surface area contributed by atoms with Crippen LogP contribution in [0, 0.1) is 10.1 Å². The largest absolute Gasteiger partial charge is 0.406 e. The fourth-order valence-electron chi connectivity index (χ4n) is 1.45. The Kier molecular flexibility index (Phi) is 2.65. The Morgan fingerprint density at radius 3 is 2.94 bits per heavy atom. The number of imidazole rings is 1. The van der Waals surface area contributed by atoms with E-state index in [4.69, 9.17) is 5.73 Å². The van der Waals surface area contributed by atoms with Crippen molar-refractivity contribution in [3.8, 4) is 0 Å². The van der Waals surface area contributed by atoms with Gasteiger partial charge in [0.2, 0.25) is 12.1 Å². The first kappa shape index (κ1) is 10.9. The van der Waals surface area contributed by atoms with Crippen molar-refractivity contribution < 1.29 is 4.92 Å². The fourth-order valence-corrected chi connectivity index (χ4v) is 1.45. The minimum absolute atomic E-state index is 0.213. The van der Waals surface area contributed by atoms with E-state index in [-0.39, 0.29) is 5.82 Å². The summed E-state index contributed by atoms with van der Waals surface area (Å²) >= 11 is 0. The normalized spacial score (nSPS) is 10.2. The van der Waals surface area contributed by atoms with Gasteiger partial charge >= 0.3 is 5.82 Å². The van der Waals surface area contributed by atoms with Gasteiger partial charge in [-0.1, -0.05) is 6.07 Å². The number of hydrogen-bond donors (Lipinski definition) is 2. The molecule has 2 rings (SSSR count). The minimum atomic E-state index is -0.533. The zero-order chi connectivity index (χ0) is 12.4. The first-order valence-electron chi connectivity index (χ1n) is 4.86. The van der Waals surface area contributed by atoms with E-state index in [0.29, 0.717) is 17.2 Å². The van der Waals surface area contributed by atoms with Crippen LogP contribution in [0.4, 0.5) is 23.0 Å². The van der Waals surface area contributed by atoms with Crippen molar-refractivity contribution in [2.75, 3.05) is 11.1 Å². The lowest BCUT2D eigenvalue weighted by atomic mass is 10.3. The second-order valence-corrected chi connectivity index (χ2v) is 3.54. The predicted molar refractivity (Wildman–Crippen MR) is 64.0 cm³/mol. The number of aryl methyl sites for hydroxylation is 1. The lowest BCUT2D eigenvalue weighted by Crippen LogP contribution is -2.00. The molecular weight excluding hydrogens is 222 g/mol. The molecule has 0 unspecified atom stereocenters. The third kappa shape index (κ3) is 2.17. The van der Waals surface area contributed by atoms with Crippen LogP contribution in [0.3, 0.4) is 0 Å². The number of hydrogen-bond acceptors (Lipinski definition) is 5. The van der Waals surface area contributed by atoms with Crippen LogP contribution < -0.4 is 11.1 Å². The van der Waals surface area contributed by atoms with Crippen LogP contribution >= 0.6 is 0 Å². The van der Waals surface area contributed by atoms with Gasteiger partial charge in [-0.15, -0.1) is 0 Å². The molecule has 2 aromatic rings. The Morgan fingerprint density at radius 2 is 2.29 bits per heavy atom. The molecule has 3 N–H and O–H groups in total. The molecule has 1 aromatic carbocycles. The highest BCUT2D eigenvalue weighted by atomic mass is 16.6. The Labute approximate surface area is 97.0 Å². The Morgan fingerprint density at radius 1 is 1.53 bits per heavy atom. The molecule has 0 amide bonds. The van der Waals surface area contributed by atoms with Crippen LogP contribution in [0.2, 0.25) is 0 Å². The zero-order valence-electron chi connectivity index (χ0n) is 9.12. The van der Waals surface area contributed by atoms with Gasteiger partial charge in [-0.05, 0) is 28.1 Å². The molecule has 0 saturated heterocycles. The Bertz CT molecular complexity index is 564. The van der Waals surface area contributed by atoms with E-state index in [2.05, 4.69) is 10.3 Å². The summed E-state index contributed by atoms with van der Waals surface area (Å²) in [5.74, 6) is 0.107. The van der Waals surface area contributed by atoms with Crippen LogP contribution in [0.1, 0.15) is 0 Å². The molecule has 7 heteroatoms. The number of aromatic nitrogens is 2. The van der Waals surface area contributed by atoms with E-state index in [0.717, 1.165) is 0 Å². The van der Waals surface area contributed by atoms with E-state index >= 15 is 0 Å². The van der Waals surface area contributed by atoms with Crippen molar-refractivity contribution in [1.82, 2.24) is 9.55 Å². The van der Waals surface area contributed by atoms with Crippen molar-refractivity contribution in [3.63, 3.8) is 0 Å². The molecule has 0 aliphatic rings. The molecule has 0 atom stereocenters. The maximum atomic E-state index is 10.8. The van der Waals surface area contributed by atoms with Crippen LogP contribution in [0.15, 0.2) is 30.6 Å². The average molecular weight is 233 g/mol. The van der Waals surface area contributed by atoms with E-state index in [1.807, 2.05) is 0 Å². The van der Waals surface area contributed by atoms with Crippen molar-refractivity contribution in [2.24, 2.45) is 7.05 Å². The van der Waals surface area contributed by atoms with Crippen molar-refractivity contribution in [1.29, 1.82) is 0 Å². The second-order valence-electron chi connectivity index (χ2n) is 3.54. The summed E-state index contributed by atoms with van der Waals surface area (Å²) in [5, 5.41) is 13.7. The van der Waals surface area contributed by atoms with Crippen molar-refractivity contribution in [2.45, 2.75) is 0 Å². The molecule has 0 fully saturated rings. The Hall–Kier alpha value is -2.57. The summed E-state index contributed by atoms with van der Waals surface area (Å²) < 4.78 is 1.54. The lowest BCUT2D eigenvalue weighted by molar-refractivity contribution is -0.388. The van der Waals surface area contributed by atoms with Gasteiger partial charge in [0.25, 0.3) is 0 Å². The third-order valence-electron chi connectivity index (χ3n) is 2.24. The molecular formula is C10H11N5O2. The number of anilines is 3. The molecule has 7 nitrogen and oxygen atoms in total. The van der Waals surface area contributed by atoms with Gasteiger partial charge in [0.15, 0.2) is 0 Å². The van der Waals surface area contributed by atoms with E-state index < -0.39 is 4.92 Å². The van der Waals surface area contributed by atoms with Gasteiger partial charge < -0.3 is 21.2 Å². The molecule has 0 aliphatic carbocycles. The van der Waals surface area contributed by atoms with Crippen molar-refractivity contribution in [3.05, 3.63) is 40.7 Å². The maximum Gasteiger partial charge on any atom is 0.406 e. The van der Waals surface area contributed by atoms with Gasteiger partial charge in [0.1, 0.15) is 0 Å². The highest BCUT2D eigenvalue weighted by Gasteiger charge is 2.19. The number of nitrogen functional groups attached to an aromatic ring is 1. The Balaban J connectivity index is 2.36. The molecule has 0 bridgehead atoms. The second kappa shape index (κ2) is 4.12. The summed E-state index contributed by atoms with van der Waals surface area (Å²) in [6, 6.07) is 6.96. The number of nitro groups is 1. The molecule has 0 aliphatic heterocycles. The van der Waals surface area contributed by atoms with Crippen LogP contribution in [-0.2, 0) is 7.05 Å². The highest BCUT2D eigenvalue weighted by molar-refractivity contribution is 5.66. The predicted octanol–water partition coefficient (Wildman–Crippen LogP) is 1.65. The minimum Gasteiger partial charge on any atom is -0.399 e. The molecule has 1 heterocycles. The van der Waals surface area contributed by atoms with Gasteiger partial charge in [-0.25, -0.2) is 0 Å². The summed E-state index contributed by atoms with van der Waals surface area (Å²) in [5.41, 5.74) is 6.89. The number of rotatable bonds is 3. The monoisotopic (exact) mass is 233 g/mol. The maximum absolute atomic E-state index is 10.8. The number of nitrogens with one attached hydrogen (secondary N) is 1.